The van der Waals surface area contributed by atoms with E-state index in [1.807, 2.05) is 0 Å². The lowest BCUT2D eigenvalue weighted by atomic mass is 10.1. The van der Waals surface area contributed by atoms with Gasteiger partial charge in [-0.15, -0.1) is 11.3 Å². The highest BCUT2D eigenvalue weighted by atomic mass is 32.2. The second-order valence-corrected chi connectivity index (χ2v) is 9.17. The lowest BCUT2D eigenvalue weighted by molar-refractivity contribution is -0.385. The zero-order chi connectivity index (χ0) is 22.8. The van der Waals surface area contributed by atoms with Crippen molar-refractivity contribution in [2.24, 2.45) is 0 Å². The smallest absolute Gasteiger partial charge is 0.272 e. The summed E-state index contributed by atoms with van der Waals surface area (Å²) in [6.07, 6.45) is 0. The predicted octanol–water partition coefficient (Wildman–Crippen LogP) is 3.46. The summed E-state index contributed by atoms with van der Waals surface area (Å²) in [7, 11) is -1.44. The number of aromatic nitrogens is 1. The summed E-state index contributed by atoms with van der Waals surface area (Å²) in [6, 6.07) is 10.3. The van der Waals surface area contributed by atoms with Crippen molar-refractivity contribution < 1.29 is 23.0 Å². The molecule has 0 unspecified atom stereocenters. The van der Waals surface area contributed by atoms with Crippen molar-refractivity contribution in [2.75, 3.05) is 19.5 Å². The molecular weight excluding hydrogens is 444 g/mol. The molecule has 1 N–H and O–H groups in total. The molecule has 0 aliphatic carbocycles. The van der Waals surface area contributed by atoms with Gasteiger partial charge in [0.1, 0.15) is 0 Å². The molecule has 3 rings (SSSR count). The Morgan fingerprint density at radius 1 is 1.26 bits per heavy atom. The molecule has 0 bridgehead atoms. The van der Waals surface area contributed by atoms with Crippen molar-refractivity contribution in [1.82, 2.24) is 9.45 Å². The molecule has 31 heavy (non-hydrogen) atoms. The van der Waals surface area contributed by atoms with Crippen molar-refractivity contribution in [1.29, 1.82) is 0 Å². The molecule has 10 nitrogen and oxygen atoms in total. The van der Waals surface area contributed by atoms with Gasteiger partial charge >= 0.3 is 0 Å². The van der Waals surface area contributed by atoms with E-state index in [0.29, 0.717) is 21.3 Å². The Kier molecular flexibility index (Phi) is 6.45. The molecule has 0 spiro atoms. The standard InChI is InChI=1S/C19H18N4O6S2/c1-12-7-8-13(10-17(12)23(25)26)16-11-30-19(20-16)21-18(24)14-5-4-6-15(9-14)31(27,28)22(2)29-3/h4-11H,1-3H3,(H,20,21,24). The zero-order valence-electron chi connectivity index (χ0n) is 16.7. The van der Waals surface area contributed by atoms with Gasteiger partial charge in [-0.2, -0.15) is 0 Å². The maximum atomic E-state index is 12.6. The molecule has 1 amide bonds. The van der Waals surface area contributed by atoms with Gasteiger partial charge in [-0.3, -0.25) is 25.1 Å². The third kappa shape index (κ3) is 4.77. The van der Waals surface area contributed by atoms with Crippen LogP contribution in [0.25, 0.3) is 11.3 Å². The number of nitrogens with one attached hydrogen (secondary N) is 1. The number of benzene rings is 2. The molecular formula is C19H18N4O6S2. The van der Waals surface area contributed by atoms with E-state index in [1.165, 1.54) is 44.5 Å². The van der Waals surface area contributed by atoms with Crippen LogP contribution >= 0.6 is 11.3 Å². The Hall–Kier alpha value is -3.19. The number of rotatable bonds is 7. The summed E-state index contributed by atoms with van der Waals surface area (Å²) in [5.74, 6) is -0.548. The Morgan fingerprint density at radius 3 is 2.68 bits per heavy atom. The summed E-state index contributed by atoms with van der Waals surface area (Å²) < 4.78 is 25.4. The Labute approximate surface area is 182 Å². The third-order valence-corrected chi connectivity index (χ3v) is 6.85. The molecule has 0 aliphatic rings. The number of hydroxylamine groups is 1. The van der Waals surface area contributed by atoms with Crippen LogP contribution in [0.3, 0.4) is 0 Å². The highest BCUT2D eigenvalue weighted by Crippen LogP contribution is 2.29. The van der Waals surface area contributed by atoms with Gasteiger partial charge in [0.25, 0.3) is 21.6 Å². The number of anilines is 1. The quantitative estimate of drug-likeness (QED) is 0.420. The van der Waals surface area contributed by atoms with E-state index in [0.717, 1.165) is 11.3 Å². The summed E-state index contributed by atoms with van der Waals surface area (Å²) in [5, 5.41) is 15.7. The van der Waals surface area contributed by atoms with Gasteiger partial charge in [-0.25, -0.2) is 13.4 Å². The fourth-order valence-corrected chi connectivity index (χ4v) is 4.38. The second-order valence-electron chi connectivity index (χ2n) is 6.38. The van der Waals surface area contributed by atoms with Crippen molar-refractivity contribution in [3.63, 3.8) is 0 Å². The van der Waals surface area contributed by atoms with Crippen LogP contribution in [-0.2, 0) is 14.9 Å². The largest absolute Gasteiger partial charge is 0.298 e. The summed E-state index contributed by atoms with van der Waals surface area (Å²) in [5.41, 5.74) is 1.65. The Balaban J connectivity index is 1.82. The minimum absolute atomic E-state index is 0.0184. The lowest BCUT2D eigenvalue weighted by Crippen LogP contribution is -2.26. The molecule has 3 aromatic rings. The van der Waals surface area contributed by atoms with Crippen molar-refractivity contribution >= 4 is 38.1 Å². The molecule has 0 aliphatic heterocycles. The van der Waals surface area contributed by atoms with E-state index >= 15 is 0 Å². The van der Waals surface area contributed by atoms with Gasteiger partial charge < -0.3 is 0 Å². The van der Waals surface area contributed by atoms with Crippen molar-refractivity contribution in [2.45, 2.75) is 11.8 Å². The molecule has 1 aromatic heterocycles. The fourth-order valence-electron chi connectivity index (χ4n) is 2.64. The van der Waals surface area contributed by atoms with Crippen LogP contribution in [0.2, 0.25) is 0 Å². The first kappa shape index (κ1) is 22.5. The number of nitro benzene ring substituents is 1. The highest BCUT2D eigenvalue weighted by Gasteiger charge is 2.22. The van der Waals surface area contributed by atoms with Crippen LogP contribution in [0.5, 0.6) is 0 Å². The van der Waals surface area contributed by atoms with Gasteiger partial charge in [0.15, 0.2) is 5.13 Å². The first-order chi connectivity index (χ1) is 14.6. The number of aryl methyl sites for hydroxylation is 1. The molecule has 0 radical (unpaired) electrons. The number of nitrogens with zero attached hydrogens (tertiary/aromatic N) is 3. The van der Waals surface area contributed by atoms with Gasteiger partial charge in [0.2, 0.25) is 0 Å². The van der Waals surface area contributed by atoms with Crippen LogP contribution in [0, 0.1) is 17.0 Å². The fraction of sp³-hybridized carbons (Fsp3) is 0.158. The number of hydrogen-bond donors (Lipinski definition) is 1. The molecule has 0 atom stereocenters. The monoisotopic (exact) mass is 462 g/mol. The van der Waals surface area contributed by atoms with Gasteiger partial charge in [0.05, 0.1) is 22.6 Å². The molecule has 1 heterocycles. The number of amides is 1. The van der Waals surface area contributed by atoms with E-state index in [-0.39, 0.29) is 21.3 Å². The maximum absolute atomic E-state index is 12.6. The average molecular weight is 463 g/mol. The number of sulfonamides is 1. The summed E-state index contributed by atoms with van der Waals surface area (Å²) in [4.78, 5) is 32.2. The number of nitro groups is 1. The Bertz CT molecular complexity index is 1260. The predicted molar refractivity (Wildman–Crippen MR) is 115 cm³/mol. The first-order valence-electron chi connectivity index (χ1n) is 8.79. The van der Waals surface area contributed by atoms with Gasteiger partial charge in [0, 0.05) is 35.2 Å². The van der Waals surface area contributed by atoms with Crippen LogP contribution in [0.1, 0.15) is 15.9 Å². The number of hydrogen-bond acceptors (Lipinski definition) is 8. The normalized spacial score (nSPS) is 11.5. The summed E-state index contributed by atoms with van der Waals surface area (Å²) >= 11 is 1.14. The van der Waals surface area contributed by atoms with Crippen LogP contribution in [-0.4, -0.2) is 42.9 Å². The molecule has 2 aromatic carbocycles. The highest BCUT2D eigenvalue weighted by molar-refractivity contribution is 7.89. The number of thiazole rings is 1. The molecule has 0 saturated heterocycles. The third-order valence-electron chi connectivity index (χ3n) is 4.42. The van der Waals surface area contributed by atoms with Gasteiger partial charge in [-0.1, -0.05) is 22.7 Å². The van der Waals surface area contributed by atoms with E-state index in [4.69, 9.17) is 4.84 Å². The minimum atomic E-state index is -3.90. The van der Waals surface area contributed by atoms with Gasteiger partial charge in [-0.05, 0) is 25.1 Å². The van der Waals surface area contributed by atoms with Crippen molar-refractivity contribution in [3.8, 4) is 11.3 Å². The Morgan fingerprint density at radius 2 is 2.00 bits per heavy atom. The molecule has 12 heteroatoms. The van der Waals surface area contributed by atoms with Crippen molar-refractivity contribution in [3.05, 3.63) is 69.1 Å². The first-order valence-corrected chi connectivity index (χ1v) is 11.1. The molecule has 162 valence electrons. The average Bonchev–Trinajstić information content (AvgIpc) is 3.21. The number of carbonyl (C=O) groups excluding carboxylic acids is 1. The molecule has 0 saturated carbocycles. The van der Waals surface area contributed by atoms with E-state index in [2.05, 4.69) is 10.3 Å². The summed E-state index contributed by atoms with van der Waals surface area (Å²) in [6.45, 7) is 1.65. The minimum Gasteiger partial charge on any atom is -0.298 e. The van der Waals surface area contributed by atoms with Crippen LogP contribution in [0.4, 0.5) is 10.8 Å². The SMILES string of the molecule is CON(C)S(=O)(=O)c1cccc(C(=O)Nc2nc(-c3ccc(C)c([N+](=O)[O-])c3)cs2)c1. The molecule has 0 fully saturated rings. The lowest BCUT2D eigenvalue weighted by Gasteiger charge is -2.14. The maximum Gasteiger partial charge on any atom is 0.272 e. The topological polar surface area (TPSA) is 132 Å². The van der Waals surface area contributed by atoms with E-state index < -0.39 is 20.9 Å². The van der Waals surface area contributed by atoms with E-state index in [1.54, 1.807) is 24.4 Å². The van der Waals surface area contributed by atoms with Crippen LogP contribution < -0.4 is 5.32 Å². The van der Waals surface area contributed by atoms with Crippen LogP contribution in [0.15, 0.2) is 52.7 Å². The second kappa shape index (κ2) is 8.89. The zero-order valence-corrected chi connectivity index (χ0v) is 18.4. The van der Waals surface area contributed by atoms with E-state index in [9.17, 15) is 23.3 Å². The number of carbonyl (C=O) groups is 1.